The lowest BCUT2D eigenvalue weighted by Gasteiger charge is -2.11. The molecule has 118 valence electrons. The van der Waals surface area contributed by atoms with Crippen LogP contribution in [0.4, 0.5) is 5.69 Å². The summed E-state index contributed by atoms with van der Waals surface area (Å²) in [4.78, 5) is 9.60. The van der Waals surface area contributed by atoms with E-state index in [1.165, 1.54) is 22.3 Å². The molecule has 3 N–H and O–H groups in total. The van der Waals surface area contributed by atoms with Crippen molar-refractivity contribution in [3.8, 4) is 0 Å². The number of carbonyl (C=O) groups is 1. The minimum atomic E-state index is -0.711. The summed E-state index contributed by atoms with van der Waals surface area (Å²) < 4.78 is 0. The zero-order valence-electron chi connectivity index (χ0n) is 13.6. The molecule has 0 heterocycles. The van der Waals surface area contributed by atoms with E-state index in [0.29, 0.717) is 6.42 Å². The number of nitrogen functional groups attached to an aromatic ring is 1. The summed E-state index contributed by atoms with van der Waals surface area (Å²) >= 11 is 0. The molecule has 0 spiro atoms. The van der Waals surface area contributed by atoms with Crippen LogP contribution in [0, 0.1) is 13.8 Å². The average molecular weight is 299 g/mol. The maximum atomic E-state index is 9.60. The van der Waals surface area contributed by atoms with Crippen LogP contribution in [-0.4, -0.2) is 11.1 Å². The quantitative estimate of drug-likeness (QED) is 0.825. The van der Waals surface area contributed by atoms with Gasteiger partial charge in [-0.25, -0.2) is 0 Å². The Labute approximate surface area is 132 Å². The van der Waals surface area contributed by atoms with Crippen LogP contribution in [0.25, 0.3) is 0 Å². The third kappa shape index (κ3) is 5.60. The van der Waals surface area contributed by atoms with Crippen molar-refractivity contribution in [3.63, 3.8) is 0 Å². The minimum Gasteiger partial charge on any atom is -0.481 e. The summed E-state index contributed by atoms with van der Waals surface area (Å²) in [6.45, 7) is 6.07. The number of hydrogen-bond acceptors (Lipinski definition) is 2. The van der Waals surface area contributed by atoms with Crippen molar-refractivity contribution in [1.29, 1.82) is 0 Å². The molecule has 2 rings (SSSR count). The molecular weight excluding hydrogens is 274 g/mol. The van der Waals surface area contributed by atoms with Gasteiger partial charge in [0, 0.05) is 12.1 Å². The molecule has 0 aromatic heterocycles. The fourth-order valence-corrected chi connectivity index (χ4v) is 2.12. The van der Waals surface area contributed by atoms with Gasteiger partial charge in [-0.15, -0.1) is 0 Å². The topological polar surface area (TPSA) is 63.3 Å². The number of nitrogens with two attached hydrogens (primary N) is 1. The van der Waals surface area contributed by atoms with Gasteiger partial charge >= 0.3 is 5.97 Å². The summed E-state index contributed by atoms with van der Waals surface area (Å²) in [7, 11) is 0. The van der Waals surface area contributed by atoms with E-state index in [1.807, 2.05) is 19.1 Å². The number of anilines is 1. The maximum absolute atomic E-state index is 9.60. The van der Waals surface area contributed by atoms with Crippen LogP contribution in [-0.2, 0) is 11.2 Å². The predicted molar refractivity (Wildman–Crippen MR) is 92.1 cm³/mol. The highest BCUT2D eigenvalue weighted by Crippen LogP contribution is 2.21. The Morgan fingerprint density at radius 1 is 1.05 bits per heavy atom. The monoisotopic (exact) mass is 299 g/mol. The summed E-state index contributed by atoms with van der Waals surface area (Å²) in [6, 6.07) is 14.6. The van der Waals surface area contributed by atoms with E-state index < -0.39 is 5.97 Å². The van der Waals surface area contributed by atoms with Crippen LogP contribution < -0.4 is 5.73 Å². The lowest BCUT2D eigenvalue weighted by molar-refractivity contribution is -0.137. The largest absolute Gasteiger partial charge is 0.481 e. The second-order valence-electron chi connectivity index (χ2n) is 5.37. The standard InChI is InChI=1S/C15H17N.C4H8O2/c1-11-12(2)15(16)9-8-14(11)10-13-6-4-3-5-7-13;1-2-3-4(5)6/h3-9H,10,16H2,1-2H3;2-3H2,1H3,(H,5,6). The minimum absolute atomic E-state index is 0.292. The lowest BCUT2D eigenvalue weighted by Crippen LogP contribution is -1.98. The van der Waals surface area contributed by atoms with Gasteiger partial charge in [0.05, 0.1) is 0 Å². The molecule has 0 aliphatic heterocycles. The van der Waals surface area contributed by atoms with E-state index in [1.54, 1.807) is 0 Å². The van der Waals surface area contributed by atoms with Gasteiger partial charge in [0.15, 0.2) is 0 Å². The molecule has 3 nitrogen and oxygen atoms in total. The number of aliphatic carboxylic acids is 1. The van der Waals surface area contributed by atoms with Crippen LogP contribution in [0.2, 0.25) is 0 Å². The molecule has 0 unspecified atom stereocenters. The second kappa shape index (κ2) is 8.88. The number of benzene rings is 2. The first-order valence-electron chi connectivity index (χ1n) is 7.56. The Morgan fingerprint density at radius 3 is 2.18 bits per heavy atom. The Hall–Kier alpha value is -2.29. The van der Waals surface area contributed by atoms with Gasteiger partial charge in [-0.3, -0.25) is 4.79 Å². The van der Waals surface area contributed by atoms with E-state index in [9.17, 15) is 4.79 Å². The molecular formula is C19H25NO2. The van der Waals surface area contributed by atoms with Gasteiger partial charge < -0.3 is 10.8 Å². The van der Waals surface area contributed by atoms with Crippen LogP contribution in [0.3, 0.4) is 0 Å². The molecule has 0 saturated carbocycles. The van der Waals surface area contributed by atoms with Crippen molar-refractivity contribution in [2.45, 2.75) is 40.0 Å². The van der Waals surface area contributed by atoms with Crippen LogP contribution in [0.15, 0.2) is 42.5 Å². The molecule has 2 aromatic carbocycles. The first-order valence-corrected chi connectivity index (χ1v) is 7.56. The number of hydrogen-bond donors (Lipinski definition) is 2. The molecule has 0 saturated heterocycles. The van der Waals surface area contributed by atoms with E-state index in [4.69, 9.17) is 10.8 Å². The Morgan fingerprint density at radius 2 is 1.68 bits per heavy atom. The molecule has 2 aromatic rings. The zero-order chi connectivity index (χ0) is 16.5. The van der Waals surface area contributed by atoms with E-state index >= 15 is 0 Å². The van der Waals surface area contributed by atoms with Gasteiger partial charge in [-0.1, -0.05) is 43.3 Å². The fraction of sp³-hybridized carbons (Fsp3) is 0.316. The highest BCUT2D eigenvalue weighted by atomic mass is 16.4. The second-order valence-corrected chi connectivity index (χ2v) is 5.37. The molecule has 22 heavy (non-hydrogen) atoms. The lowest BCUT2D eigenvalue weighted by atomic mass is 9.96. The zero-order valence-corrected chi connectivity index (χ0v) is 13.6. The Bertz CT molecular complexity index is 606. The summed E-state index contributed by atoms with van der Waals surface area (Å²) in [5.74, 6) is -0.711. The first kappa shape index (κ1) is 17.8. The third-order valence-electron chi connectivity index (χ3n) is 3.64. The molecule has 0 fully saturated rings. The Balaban J connectivity index is 0.000000346. The maximum Gasteiger partial charge on any atom is 0.303 e. The molecule has 0 aliphatic carbocycles. The predicted octanol–water partition coefficient (Wildman–Crippen LogP) is 4.35. The molecule has 0 aliphatic rings. The SMILES string of the molecule is CCCC(=O)O.Cc1c(N)ccc(Cc2ccccc2)c1C. The molecule has 0 atom stereocenters. The van der Waals surface area contributed by atoms with E-state index in [2.05, 4.69) is 44.2 Å². The third-order valence-corrected chi connectivity index (χ3v) is 3.64. The van der Waals surface area contributed by atoms with Gasteiger partial charge in [0.25, 0.3) is 0 Å². The van der Waals surface area contributed by atoms with Crippen LogP contribution in [0.1, 0.15) is 42.0 Å². The molecule has 3 heteroatoms. The van der Waals surface area contributed by atoms with E-state index in [-0.39, 0.29) is 0 Å². The van der Waals surface area contributed by atoms with Gasteiger partial charge in [0.1, 0.15) is 0 Å². The van der Waals surface area contributed by atoms with Crippen molar-refractivity contribution in [1.82, 2.24) is 0 Å². The van der Waals surface area contributed by atoms with Crippen molar-refractivity contribution < 1.29 is 9.90 Å². The highest BCUT2D eigenvalue weighted by molar-refractivity contribution is 5.66. The van der Waals surface area contributed by atoms with E-state index in [0.717, 1.165) is 18.5 Å². The average Bonchev–Trinajstić information content (AvgIpc) is 2.49. The van der Waals surface area contributed by atoms with Gasteiger partial charge in [-0.2, -0.15) is 0 Å². The van der Waals surface area contributed by atoms with Crippen LogP contribution >= 0.6 is 0 Å². The highest BCUT2D eigenvalue weighted by Gasteiger charge is 2.04. The summed E-state index contributed by atoms with van der Waals surface area (Å²) in [6.07, 6.45) is 2.00. The van der Waals surface area contributed by atoms with Gasteiger partial charge in [-0.05, 0) is 55.0 Å². The summed E-state index contributed by atoms with van der Waals surface area (Å²) in [5.41, 5.74) is 12.0. The number of carboxylic acids is 1. The Kier molecular flexibility index (Phi) is 7.17. The molecule has 0 radical (unpaired) electrons. The summed E-state index contributed by atoms with van der Waals surface area (Å²) in [5, 5.41) is 7.91. The number of carboxylic acid groups (broad SMARTS) is 1. The van der Waals surface area contributed by atoms with Crippen molar-refractivity contribution in [2.75, 3.05) is 5.73 Å². The fourth-order valence-electron chi connectivity index (χ4n) is 2.12. The number of rotatable bonds is 4. The molecule has 0 bridgehead atoms. The smallest absolute Gasteiger partial charge is 0.303 e. The van der Waals surface area contributed by atoms with Gasteiger partial charge in [0.2, 0.25) is 0 Å². The van der Waals surface area contributed by atoms with Crippen LogP contribution in [0.5, 0.6) is 0 Å². The van der Waals surface area contributed by atoms with Crippen molar-refractivity contribution in [2.24, 2.45) is 0 Å². The molecule has 0 amide bonds. The first-order chi connectivity index (χ1) is 10.5. The normalized spacial score (nSPS) is 9.77. The van der Waals surface area contributed by atoms with Crippen molar-refractivity contribution in [3.05, 3.63) is 64.7 Å². The van der Waals surface area contributed by atoms with Crippen molar-refractivity contribution >= 4 is 11.7 Å².